The molecule has 0 atom stereocenters. The molecule has 0 aliphatic rings. The molecule has 0 radical (unpaired) electrons. The molecule has 0 saturated heterocycles. The molecule has 0 fully saturated rings. The Bertz CT molecular complexity index is 530. The monoisotopic (exact) mass is 352 g/mol. The van der Waals surface area contributed by atoms with Crippen molar-refractivity contribution in [3.05, 3.63) is 22.7 Å². The number of benzene rings is 1. The highest BCUT2D eigenvalue weighted by Crippen LogP contribution is 2.24. The molecule has 1 aromatic rings. The van der Waals surface area contributed by atoms with Crippen LogP contribution in [-0.2, 0) is 10.0 Å². The van der Waals surface area contributed by atoms with E-state index in [2.05, 4.69) is 20.7 Å². The largest absolute Gasteiger partial charge is 0.398 e. The fraction of sp³-hybridized carbons (Fsp3) is 0.455. The lowest BCUT2D eigenvalue weighted by atomic mass is 10.2. The number of rotatable bonds is 5. The summed E-state index contributed by atoms with van der Waals surface area (Å²) in [5.41, 5.74) is 5.95. The molecular formula is C11H17BrN2O2S2. The maximum Gasteiger partial charge on any atom is 0.242 e. The van der Waals surface area contributed by atoms with Gasteiger partial charge < -0.3 is 5.73 Å². The van der Waals surface area contributed by atoms with Gasteiger partial charge in [0.15, 0.2) is 0 Å². The van der Waals surface area contributed by atoms with Crippen LogP contribution < -0.4 is 10.5 Å². The average molecular weight is 353 g/mol. The zero-order chi connectivity index (χ0) is 14.0. The molecule has 0 aliphatic carbocycles. The van der Waals surface area contributed by atoms with E-state index in [4.69, 9.17) is 5.73 Å². The highest BCUT2D eigenvalue weighted by molar-refractivity contribution is 9.10. The zero-order valence-corrected chi connectivity index (χ0v) is 13.7. The molecule has 0 aliphatic heterocycles. The van der Waals surface area contributed by atoms with Crippen LogP contribution in [0.1, 0.15) is 13.8 Å². The Kier molecular flexibility index (Phi) is 5.11. The fourth-order valence-electron chi connectivity index (χ4n) is 1.16. The predicted octanol–water partition coefficient (Wildman–Crippen LogP) is 2.45. The van der Waals surface area contributed by atoms with E-state index in [1.54, 1.807) is 23.9 Å². The van der Waals surface area contributed by atoms with Crippen molar-refractivity contribution in [2.24, 2.45) is 0 Å². The minimum absolute atomic E-state index is 0.105. The molecule has 0 aromatic heterocycles. The van der Waals surface area contributed by atoms with Crippen LogP contribution in [0.5, 0.6) is 0 Å². The Morgan fingerprint density at radius 3 is 2.61 bits per heavy atom. The fourth-order valence-corrected chi connectivity index (χ4v) is 3.35. The minimum Gasteiger partial charge on any atom is -0.398 e. The van der Waals surface area contributed by atoms with Gasteiger partial charge in [-0.05, 0) is 38.3 Å². The summed E-state index contributed by atoms with van der Waals surface area (Å²) >= 11 is 4.84. The third-order valence-electron chi connectivity index (χ3n) is 2.51. The summed E-state index contributed by atoms with van der Waals surface area (Å²) in [7, 11) is -3.58. The molecule has 7 heteroatoms. The van der Waals surface area contributed by atoms with Gasteiger partial charge in [0.2, 0.25) is 10.0 Å². The number of nitrogens with one attached hydrogen (secondary N) is 1. The van der Waals surface area contributed by atoms with Crippen molar-refractivity contribution in [2.45, 2.75) is 23.5 Å². The molecule has 0 spiro atoms. The van der Waals surface area contributed by atoms with Crippen LogP contribution in [0.4, 0.5) is 5.69 Å². The minimum atomic E-state index is -3.58. The molecule has 18 heavy (non-hydrogen) atoms. The normalized spacial score (nSPS) is 12.7. The Hall–Kier alpha value is -0.240. The topological polar surface area (TPSA) is 72.2 Å². The van der Waals surface area contributed by atoms with E-state index in [-0.39, 0.29) is 15.3 Å². The second kappa shape index (κ2) is 5.81. The first kappa shape index (κ1) is 15.8. The predicted molar refractivity (Wildman–Crippen MR) is 81.3 cm³/mol. The van der Waals surface area contributed by atoms with Gasteiger partial charge in [-0.15, -0.1) is 0 Å². The lowest BCUT2D eigenvalue weighted by Crippen LogP contribution is -2.36. The van der Waals surface area contributed by atoms with E-state index in [0.29, 0.717) is 11.0 Å². The summed E-state index contributed by atoms with van der Waals surface area (Å²) in [5.74, 6) is 0. The van der Waals surface area contributed by atoms with E-state index in [0.717, 1.165) is 0 Å². The van der Waals surface area contributed by atoms with Crippen LogP contribution >= 0.6 is 27.7 Å². The first-order chi connectivity index (χ1) is 8.18. The Morgan fingerprint density at radius 1 is 1.44 bits per heavy atom. The van der Waals surface area contributed by atoms with Crippen LogP contribution in [-0.4, -0.2) is 26.0 Å². The van der Waals surface area contributed by atoms with Crippen molar-refractivity contribution in [1.82, 2.24) is 4.72 Å². The van der Waals surface area contributed by atoms with Crippen molar-refractivity contribution in [1.29, 1.82) is 0 Å². The Morgan fingerprint density at radius 2 is 2.06 bits per heavy atom. The summed E-state index contributed by atoms with van der Waals surface area (Å²) in [5, 5.41) is 0. The number of nitrogen functional groups attached to an aromatic ring is 1. The van der Waals surface area contributed by atoms with Crippen LogP contribution in [0.25, 0.3) is 0 Å². The summed E-state index contributed by atoms with van der Waals surface area (Å²) in [6.45, 7) is 4.30. The van der Waals surface area contributed by atoms with Gasteiger partial charge in [-0.2, -0.15) is 11.8 Å². The molecular weight excluding hydrogens is 336 g/mol. The first-order valence-corrected chi connectivity index (χ1v) is 8.78. The van der Waals surface area contributed by atoms with Gasteiger partial charge in [-0.1, -0.05) is 15.9 Å². The van der Waals surface area contributed by atoms with E-state index in [9.17, 15) is 8.42 Å². The Balaban J connectivity index is 2.97. The van der Waals surface area contributed by atoms with Crippen molar-refractivity contribution < 1.29 is 8.42 Å². The number of halogens is 1. The zero-order valence-electron chi connectivity index (χ0n) is 10.5. The van der Waals surface area contributed by atoms with Crippen molar-refractivity contribution >= 4 is 43.4 Å². The number of anilines is 1. The van der Waals surface area contributed by atoms with Crippen LogP contribution in [0.15, 0.2) is 27.6 Å². The van der Waals surface area contributed by atoms with Crippen LogP contribution in [0.2, 0.25) is 0 Å². The van der Waals surface area contributed by atoms with Gasteiger partial charge in [-0.25, -0.2) is 13.1 Å². The van der Waals surface area contributed by atoms with Gasteiger partial charge in [0.05, 0.1) is 5.69 Å². The number of hydrogen-bond donors (Lipinski definition) is 2. The molecule has 4 nitrogen and oxygen atoms in total. The van der Waals surface area contributed by atoms with Gasteiger partial charge in [0, 0.05) is 15.8 Å². The van der Waals surface area contributed by atoms with E-state index >= 15 is 0 Å². The standard InChI is InChI=1S/C11H17BrN2O2S2/c1-11(2,17-3)7-14-18(15,16)10-6-8(12)4-5-9(10)13/h4-6,14H,7,13H2,1-3H3. The lowest BCUT2D eigenvalue weighted by Gasteiger charge is -2.22. The number of hydrogen-bond acceptors (Lipinski definition) is 4. The summed E-state index contributed by atoms with van der Waals surface area (Å²) in [6.07, 6.45) is 1.95. The molecule has 0 unspecified atom stereocenters. The quantitative estimate of drug-likeness (QED) is 0.798. The van der Waals surface area contributed by atoms with Gasteiger partial charge in [0.1, 0.15) is 4.90 Å². The SMILES string of the molecule is CSC(C)(C)CNS(=O)(=O)c1cc(Br)ccc1N. The smallest absolute Gasteiger partial charge is 0.242 e. The maximum atomic E-state index is 12.1. The Labute approximate surface area is 121 Å². The molecule has 102 valence electrons. The summed E-state index contributed by atoms with van der Waals surface area (Å²) in [6, 6.07) is 4.78. The molecule has 0 heterocycles. The maximum absolute atomic E-state index is 12.1. The van der Waals surface area contributed by atoms with Gasteiger partial charge in [0.25, 0.3) is 0 Å². The highest BCUT2D eigenvalue weighted by Gasteiger charge is 2.23. The van der Waals surface area contributed by atoms with E-state index in [1.165, 1.54) is 6.07 Å². The van der Waals surface area contributed by atoms with Crippen LogP contribution in [0.3, 0.4) is 0 Å². The summed E-state index contributed by atoms with van der Waals surface area (Å²) in [4.78, 5) is 0.105. The number of sulfonamides is 1. The van der Waals surface area contributed by atoms with E-state index in [1.807, 2.05) is 20.1 Å². The average Bonchev–Trinajstić information content (AvgIpc) is 2.30. The van der Waals surface area contributed by atoms with Crippen molar-refractivity contribution in [3.8, 4) is 0 Å². The number of nitrogens with two attached hydrogens (primary N) is 1. The number of thioether (sulfide) groups is 1. The molecule has 1 aromatic carbocycles. The van der Waals surface area contributed by atoms with Gasteiger partial charge in [-0.3, -0.25) is 0 Å². The molecule has 0 amide bonds. The van der Waals surface area contributed by atoms with E-state index < -0.39 is 10.0 Å². The highest BCUT2D eigenvalue weighted by atomic mass is 79.9. The van der Waals surface area contributed by atoms with Crippen molar-refractivity contribution in [2.75, 3.05) is 18.5 Å². The third-order valence-corrected chi connectivity index (χ3v) is 5.71. The van der Waals surface area contributed by atoms with Crippen molar-refractivity contribution in [3.63, 3.8) is 0 Å². The second-order valence-electron chi connectivity index (χ2n) is 4.47. The first-order valence-electron chi connectivity index (χ1n) is 5.28. The lowest BCUT2D eigenvalue weighted by molar-refractivity contribution is 0.571. The molecule has 0 bridgehead atoms. The van der Waals surface area contributed by atoms with Crippen LogP contribution in [0, 0.1) is 0 Å². The third kappa shape index (κ3) is 4.15. The molecule has 1 rings (SSSR count). The molecule has 0 saturated carbocycles. The molecule has 3 N–H and O–H groups in total. The summed E-state index contributed by atoms with van der Waals surface area (Å²) < 4.78 is 27.4. The second-order valence-corrected chi connectivity index (χ2v) is 8.63. The van der Waals surface area contributed by atoms with Gasteiger partial charge >= 0.3 is 0 Å².